The average molecular weight is 271 g/mol. The average Bonchev–Trinajstić information content (AvgIpc) is 2.44. The van der Waals surface area contributed by atoms with Crippen LogP contribution in [0.5, 0.6) is 5.75 Å². The summed E-state index contributed by atoms with van der Waals surface area (Å²) in [6.07, 6.45) is 0. The summed E-state index contributed by atoms with van der Waals surface area (Å²) in [4.78, 5) is 0. The quantitative estimate of drug-likeness (QED) is 0.908. The Kier molecular flexibility index (Phi) is 4.69. The van der Waals surface area contributed by atoms with Gasteiger partial charge in [0.1, 0.15) is 5.75 Å². The summed E-state index contributed by atoms with van der Waals surface area (Å²) in [6, 6.07) is 10.3. The lowest BCUT2D eigenvalue weighted by Crippen LogP contribution is -2.19. The molecule has 0 bridgehead atoms. The van der Waals surface area contributed by atoms with Gasteiger partial charge in [-0.05, 0) is 57.1 Å². The third kappa shape index (κ3) is 3.14. The number of nitrogens with zero attached hydrogens (tertiary/aromatic N) is 2. The second-order valence-corrected chi connectivity index (χ2v) is 4.75. The molecule has 0 aliphatic carbocycles. The molecule has 0 fully saturated rings. The van der Waals surface area contributed by atoms with E-state index < -0.39 is 0 Å². The number of nitrogens with one attached hydrogen (secondary N) is 1. The second kappa shape index (κ2) is 6.48. The predicted octanol–water partition coefficient (Wildman–Crippen LogP) is 2.80. The van der Waals surface area contributed by atoms with Crippen molar-refractivity contribution in [3.8, 4) is 5.75 Å². The highest BCUT2D eigenvalue weighted by Crippen LogP contribution is 2.26. The molecule has 4 heteroatoms. The van der Waals surface area contributed by atoms with E-state index in [0.717, 1.165) is 28.3 Å². The molecular weight excluding hydrogens is 250 g/mol. The molecule has 0 saturated carbocycles. The zero-order chi connectivity index (χ0) is 14.5. The van der Waals surface area contributed by atoms with Crippen molar-refractivity contribution in [3.05, 3.63) is 52.8 Å². The highest BCUT2D eigenvalue weighted by molar-refractivity contribution is 5.38. The maximum atomic E-state index is 5.58. The van der Waals surface area contributed by atoms with Gasteiger partial charge in [-0.25, -0.2) is 0 Å². The fraction of sp³-hybridized carbons (Fsp3) is 0.375. The first-order chi connectivity index (χ1) is 9.65. The van der Waals surface area contributed by atoms with E-state index in [1.54, 1.807) is 0 Å². The van der Waals surface area contributed by atoms with E-state index in [9.17, 15) is 0 Å². The van der Waals surface area contributed by atoms with E-state index in [1.807, 2.05) is 40.0 Å². The number of aromatic nitrogens is 2. The molecule has 1 aromatic carbocycles. The molecular formula is C16H21N3O. The predicted molar refractivity (Wildman–Crippen MR) is 80.0 cm³/mol. The lowest BCUT2D eigenvalue weighted by atomic mass is 9.97. The first kappa shape index (κ1) is 14.5. The van der Waals surface area contributed by atoms with E-state index in [0.29, 0.717) is 6.61 Å². The third-order valence-electron chi connectivity index (χ3n) is 3.24. The van der Waals surface area contributed by atoms with Crippen LogP contribution in [0, 0.1) is 13.8 Å². The molecule has 0 aliphatic rings. The van der Waals surface area contributed by atoms with Crippen molar-refractivity contribution in [1.82, 2.24) is 15.5 Å². The van der Waals surface area contributed by atoms with Crippen LogP contribution >= 0.6 is 0 Å². The van der Waals surface area contributed by atoms with E-state index in [4.69, 9.17) is 4.74 Å². The van der Waals surface area contributed by atoms with E-state index in [1.165, 1.54) is 0 Å². The molecule has 0 radical (unpaired) electrons. The third-order valence-corrected chi connectivity index (χ3v) is 3.24. The van der Waals surface area contributed by atoms with Crippen molar-refractivity contribution in [3.63, 3.8) is 0 Å². The molecule has 2 aromatic rings. The number of hydrogen-bond acceptors (Lipinski definition) is 4. The normalized spacial score (nSPS) is 12.2. The number of rotatable bonds is 5. The maximum absolute atomic E-state index is 5.58. The molecule has 0 spiro atoms. The highest BCUT2D eigenvalue weighted by atomic mass is 16.5. The molecule has 0 amide bonds. The van der Waals surface area contributed by atoms with Crippen LogP contribution in [-0.4, -0.2) is 23.9 Å². The summed E-state index contributed by atoms with van der Waals surface area (Å²) < 4.78 is 5.58. The Morgan fingerprint density at radius 3 is 2.70 bits per heavy atom. The summed E-state index contributed by atoms with van der Waals surface area (Å²) in [5, 5.41) is 11.7. The first-order valence-corrected chi connectivity index (χ1v) is 6.86. The van der Waals surface area contributed by atoms with Gasteiger partial charge in [-0.2, -0.15) is 10.2 Å². The highest BCUT2D eigenvalue weighted by Gasteiger charge is 2.16. The molecule has 1 atom stereocenters. The zero-order valence-corrected chi connectivity index (χ0v) is 12.5. The SMILES string of the molecule is CCOc1cccc(C(NC)c2cc(C)nnc2C)c1. The van der Waals surface area contributed by atoms with Crippen molar-refractivity contribution in [2.24, 2.45) is 0 Å². The van der Waals surface area contributed by atoms with Crippen LogP contribution in [0.25, 0.3) is 0 Å². The van der Waals surface area contributed by atoms with Gasteiger partial charge in [-0.1, -0.05) is 12.1 Å². The summed E-state index contributed by atoms with van der Waals surface area (Å²) in [7, 11) is 1.95. The fourth-order valence-corrected chi connectivity index (χ4v) is 2.31. The van der Waals surface area contributed by atoms with Crippen LogP contribution < -0.4 is 10.1 Å². The maximum Gasteiger partial charge on any atom is 0.119 e. The lowest BCUT2D eigenvalue weighted by Gasteiger charge is -2.19. The van der Waals surface area contributed by atoms with Crippen molar-refractivity contribution in [2.45, 2.75) is 26.8 Å². The molecule has 2 rings (SSSR count). The van der Waals surface area contributed by atoms with Crippen LogP contribution in [0.3, 0.4) is 0 Å². The first-order valence-electron chi connectivity index (χ1n) is 6.86. The standard InChI is InChI=1S/C16H21N3O/c1-5-20-14-8-6-7-13(10-14)16(17-4)15-9-11(2)18-19-12(15)3/h6-10,16-17H,5H2,1-4H3. The zero-order valence-electron chi connectivity index (χ0n) is 12.5. The van der Waals surface area contributed by atoms with Gasteiger partial charge in [-0.15, -0.1) is 0 Å². The van der Waals surface area contributed by atoms with Gasteiger partial charge in [0.05, 0.1) is 24.0 Å². The Hall–Kier alpha value is -1.94. The van der Waals surface area contributed by atoms with Gasteiger partial charge in [0.15, 0.2) is 0 Å². The van der Waals surface area contributed by atoms with E-state index >= 15 is 0 Å². The number of aryl methyl sites for hydroxylation is 2. The minimum Gasteiger partial charge on any atom is -0.494 e. The van der Waals surface area contributed by atoms with Crippen LogP contribution in [-0.2, 0) is 0 Å². The van der Waals surface area contributed by atoms with Crippen LogP contribution in [0.1, 0.15) is 35.5 Å². The summed E-state index contributed by atoms with van der Waals surface area (Å²) in [6.45, 7) is 6.60. The van der Waals surface area contributed by atoms with Crippen LogP contribution in [0.4, 0.5) is 0 Å². The Balaban J connectivity index is 2.41. The molecule has 1 heterocycles. The Morgan fingerprint density at radius 1 is 1.20 bits per heavy atom. The van der Waals surface area contributed by atoms with Gasteiger partial charge >= 0.3 is 0 Å². The Bertz CT molecular complexity index is 584. The van der Waals surface area contributed by atoms with Gasteiger partial charge in [0.25, 0.3) is 0 Å². The van der Waals surface area contributed by atoms with Crippen LogP contribution in [0.15, 0.2) is 30.3 Å². The molecule has 20 heavy (non-hydrogen) atoms. The fourth-order valence-electron chi connectivity index (χ4n) is 2.31. The van der Waals surface area contributed by atoms with Gasteiger partial charge in [-0.3, -0.25) is 0 Å². The van der Waals surface area contributed by atoms with Crippen molar-refractivity contribution >= 4 is 0 Å². The Labute approximate surface area is 120 Å². The number of ether oxygens (including phenoxy) is 1. The summed E-state index contributed by atoms with van der Waals surface area (Å²) in [5.74, 6) is 0.890. The van der Waals surface area contributed by atoms with Crippen molar-refractivity contribution in [1.29, 1.82) is 0 Å². The topological polar surface area (TPSA) is 47.0 Å². The summed E-state index contributed by atoms with van der Waals surface area (Å²) in [5.41, 5.74) is 4.17. The van der Waals surface area contributed by atoms with Crippen LogP contribution in [0.2, 0.25) is 0 Å². The molecule has 1 aromatic heterocycles. The van der Waals surface area contributed by atoms with E-state index in [2.05, 4.69) is 33.7 Å². The molecule has 1 N–H and O–H groups in total. The number of benzene rings is 1. The van der Waals surface area contributed by atoms with E-state index in [-0.39, 0.29) is 6.04 Å². The molecule has 0 saturated heterocycles. The largest absolute Gasteiger partial charge is 0.494 e. The van der Waals surface area contributed by atoms with Gasteiger partial charge in [0.2, 0.25) is 0 Å². The summed E-state index contributed by atoms with van der Waals surface area (Å²) >= 11 is 0. The Morgan fingerprint density at radius 2 is 2.00 bits per heavy atom. The minimum absolute atomic E-state index is 0.0876. The van der Waals surface area contributed by atoms with Crippen molar-refractivity contribution in [2.75, 3.05) is 13.7 Å². The molecule has 106 valence electrons. The van der Waals surface area contributed by atoms with Gasteiger partial charge in [0, 0.05) is 0 Å². The number of hydrogen-bond donors (Lipinski definition) is 1. The lowest BCUT2D eigenvalue weighted by molar-refractivity contribution is 0.339. The molecule has 0 aliphatic heterocycles. The van der Waals surface area contributed by atoms with Gasteiger partial charge < -0.3 is 10.1 Å². The smallest absolute Gasteiger partial charge is 0.119 e. The van der Waals surface area contributed by atoms with Crippen molar-refractivity contribution < 1.29 is 4.74 Å². The molecule has 1 unspecified atom stereocenters. The second-order valence-electron chi connectivity index (χ2n) is 4.75. The molecule has 4 nitrogen and oxygen atoms in total. The monoisotopic (exact) mass is 271 g/mol. The minimum atomic E-state index is 0.0876.